The lowest BCUT2D eigenvalue weighted by atomic mass is 9.88. The van der Waals surface area contributed by atoms with Gasteiger partial charge in [-0.2, -0.15) is 0 Å². The van der Waals surface area contributed by atoms with Crippen molar-refractivity contribution in [2.75, 3.05) is 26.2 Å². The van der Waals surface area contributed by atoms with E-state index in [1.807, 2.05) is 0 Å². The van der Waals surface area contributed by atoms with Gasteiger partial charge in [0.2, 0.25) is 0 Å². The molecule has 1 heterocycles. The monoisotopic (exact) mass is 254 g/mol. The molecular weight excluding hydrogens is 220 g/mol. The fourth-order valence-electron chi connectivity index (χ4n) is 2.79. The van der Waals surface area contributed by atoms with E-state index in [1.165, 1.54) is 38.9 Å². The van der Waals surface area contributed by atoms with Crippen molar-refractivity contribution < 1.29 is 0 Å². The van der Waals surface area contributed by atoms with Crippen LogP contribution in [0.15, 0.2) is 0 Å². The van der Waals surface area contributed by atoms with E-state index in [4.69, 9.17) is 0 Å². The topological polar surface area (TPSA) is 15.3 Å². The van der Waals surface area contributed by atoms with Gasteiger partial charge in [-0.15, -0.1) is 0 Å². The molecule has 1 rings (SSSR count). The average molecular weight is 254 g/mol. The lowest BCUT2D eigenvalue weighted by molar-refractivity contribution is 0.0977. The Bertz CT molecular complexity index is 215. The first kappa shape index (κ1) is 16.0. The molecular formula is C16H34N2. The summed E-state index contributed by atoms with van der Waals surface area (Å²) in [5.41, 5.74) is 0. The van der Waals surface area contributed by atoms with Crippen LogP contribution < -0.4 is 5.32 Å². The highest BCUT2D eigenvalue weighted by Gasteiger charge is 2.25. The molecule has 0 amide bonds. The quantitative estimate of drug-likeness (QED) is 0.701. The minimum Gasteiger partial charge on any atom is -0.316 e. The van der Waals surface area contributed by atoms with Crippen molar-refractivity contribution in [1.29, 1.82) is 0 Å². The Morgan fingerprint density at radius 1 is 1.17 bits per heavy atom. The van der Waals surface area contributed by atoms with Gasteiger partial charge in [0, 0.05) is 12.6 Å². The molecule has 1 fully saturated rings. The summed E-state index contributed by atoms with van der Waals surface area (Å²) in [5, 5.41) is 3.54. The van der Waals surface area contributed by atoms with Crippen molar-refractivity contribution in [2.24, 2.45) is 17.8 Å². The molecule has 0 spiro atoms. The third kappa shape index (κ3) is 5.71. The summed E-state index contributed by atoms with van der Waals surface area (Å²) in [6.45, 7) is 16.7. The van der Waals surface area contributed by atoms with Gasteiger partial charge in [0.1, 0.15) is 0 Å². The summed E-state index contributed by atoms with van der Waals surface area (Å²) in [5.74, 6) is 2.56. The highest BCUT2D eigenvalue weighted by atomic mass is 15.2. The summed E-state index contributed by atoms with van der Waals surface area (Å²) in [6.07, 6.45) is 4.04. The van der Waals surface area contributed by atoms with Gasteiger partial charge in [0.05, 0.1) is 0 Å². The molecule has 1 aliphatic rings. The number of hydrogen-bond acceptors (Lipinski definition) is 2. The van der Waals surface area contributed by atoms with Crippen LogP contribution in [0.1, 0.15) is 53.9 Å². The van der Waals surface area contributed by atoms with Gasteiger partial charge in [0.15, 0.2) is 0 Å². The minimum atomic E-state index is 0.765. The molecule has 2 heteroatoms. The lowest BCUT2D eigenvalue weighted by Crippen LogP contribution is -2.43. The first-order valence-corrected chi connectivity index (χ1v) is 7.95. The van der Waals surface area contributed by atoms with Gasteiger partial charge in [-0.25, -0.2) is 0 Å². The smallest absolute Gasteiger partial charge is 0.00675 e. The zero-order valence-corrected chi connectivity index (χ0v) is 13.2. The molecule has 18 heavy (non-hydrogen) atoms. The van der Waals surface area contributed by atoms with Crippen molar-refractivity contribution in [3.8, 4) is 0 Å². The largest absolute Gasteiger partial charge is 0.316 e. The fourth-order valence-corrected chi connectivity index (χ4v) is 2.79. The Morgan fingerprint density at radius 3 is 2.50 bits per heavy atom. The first-order valence-electron chi connectivity index (χ1n) is 7.95. The molecule has 3 atom stereocenters. The molecule has 0 aromatic heterocycles. The fraction of sp³-hybridized carbons (Fsp3) is 1.00. The van der Waals surface area contributed by atoms with Gasteiger partial charge in [-0.1, -0.05) is 27.7 Å². The van der Waals surface area contributed by atoms with Gasteiger partial charge < -0.3 is 10.2 Å². The summed E-state index contributed by atoms with van der Waals surface area (Å²) in [6, 6.07) is 0.765. The Morgan fingerprint density at radius 2 is 1.89 bits per heavy atom. The predicted molar refractivity (Wildman–Crippen MR) is 80.9 cm³/mol. The van der Waals surface area contributed by atoms with Crippen molar-refractivity contribution in [2.45, 2.75) is 59.9 Å². The third-order valence-electron chi connectivity index (χ3n) is 4.52. The number of hydrogen-bond donors (Lipinski definition) is 1. The van der Waals surface area contributed by atoms with Crippen LogP contribution >= 0.6 is 0 Å². The SMILES string of the molecule is CC(C)CNCCCC(C)N1CCC(C)C(C)C1. The molecule has 3 unspecified atom stereocenters. The molecule has 0 bridgehead atoms. The van der Waals surface area contributed by atoms with E-state index in [0.29, 0.717) is 0 Å². The molecule has 0 aliphatic carbocycles. The van der Waals surface area contributed by atoms with Crippen LogP contribution in [0.4, 0.5) is 0 Å². The maximum atomic E-state index is 3.54. The molecule has 1 N–H and O–H groups in total. The Hall–Kier alpha value is -0.0800. The zero-order chi connectivity index (χ0) is 13.5. The van der Waals surface area contributed by atoms with Crippen molar-refractivity contribution in [3.05, 3.63) is 0 Å². The molecule has 0 radical (unpaired) electrons. The van der Waals surface area contributed by atoms with Crippen LogP contribution in [0.3, 0.4) is 0 Å². The van der Waals surface area contributed by atoms with Crippen LogP contribution in [0, 0.1) is 17.8 Å². The van der Waals surface area contributed by atoms with Crippen LogP contribution in [0.25, 0.3) is 0 Å². The lowest BCUT2D eigenvalue weighted by Gasteiger charge is -2.39. The van der Waals surface area contributed by atoms with Crippen LogP contribution in [0.2, 0.25) is 0 Å². The van der Waals surface area contributed by atoms with E-state index in [2.05, 4.69) is 44.8 Å². The molecule has 1 aliphatic heterocycles. The van der Waals surface area contributed by atoms with Crippen LogP contribution in [-0.2, 0) is 0 Å². The molecule has 1 saturated heterocycles. The second-order valence-electron chi connectivity index (χ2n) is 6.83. The van der Waals surface area contributed by atoms with E-state index in [1.54, 1.807) is 0 Å². The molecule has 0 aromatic carbocycles. The second kappa shape index (κ2) is 8.16. The molecule has 0 saturated carbocycles. The van der Waals surface area contributed by atoms with Gasteiger partial charge in [-0.05, 0) is 63.6 Å². The van der Waals surface area contributed by atoms with E-state index < -0.39 is 0 Å². The summed E-state index contributed by atoms with van der Waals surface area (Å²) in [7, 11) is 0. The van der Waals surface area contributed by atoms with E-state index >= 15 is 0 Å². The van der Waals surface area contributed by atoms with E-state index in [-0.39, 0.29) is 0 Å². The van der Waals surface area contributed by atoms with Crippen molar-refractivity contribution >= 4 is 0 Å². The second-order valence-corrected chi connectivity index (χ2v) is 6.83. The standard InChI is InChI=1S/C16H34N2/c1-13(2)11-17-9-6-7-16(5)18-10-8-14(3)15(4)12-18/h13-17H,6-12H2,1-5H3. The maximum absolute atomic E-state index is 3.54. The first-order chi connectivity index (χ1) is 8.50. The van der Waals surface area contributed by atoms with E-state index in [9.17, 15) is 0 Å². The van der Waals surface area contributed by atoms with Gasteiger partial charge in [0.25, 0.3) is 0 Å². The summed E-state index contributed by atoms with van der Waals surface area (Å²) in [4.78, 5) is 2.70. The molecule has 2 nitrogen and oxygen atoms in total. The van der Waals surface area contributed by atoms with Crippen molar-refractivity contribution in [3.63, 3.8) is 0 Å². The number of likely N-dealkylation sites (tertiary alicyclic amines) is 1. The Labute approximate surface area is 115 Å². The predicted octanol–water partition coefficient (Wildman–Crippen LogP) is 3.38. The zero-order valence-electron chi connectivity index (χ0n) is 13.2. The Balaban J connectivity index is 2.11. The van der Waals surface area contributed by atoms with Gasteiger partial charge >= 0.3 is 0 Å². The Kier molecular flexibility index (Phi) is 7.25. The third-order valence-corrected chi connectivity index (χ3v) is 4.52. The summed E-state index contributed by atoms with van der Waals surface area (Å²) >= 11 is 0. The summed E-state index contributed by atoms with van der Waals surface area (Å²) < 4.78 is 0. The van der Waals surface area contributed by atoms with Gasteiger partial charge in [-0.3, -0.25) is 0 Å². The number of nitrogens with zero attached hydrogens (tertiary/aromatic N) is 1. The number of piperidine rings is 1. The highest BCUT2D eigenvalue weighted by Crippen LogP contribution is 2.24. The average Bonchev–Trinajstić information content (AvgIpc) is 2.31. The van der Waals surface area contributed by atoms with Crippen LogP contribution in [0.5, 0.6) is 0 Å². The van der Waals surface area contributed by atoms with Crippen LogP contribution in [-0.4, -0.2) is 37.1 Å². The molecule has 0 aromatic rings. The van der Waals surface area contributed by atoms with E-state index in [0.717, 1.165) is 30.3 Å². The number of nitrogens with one attached hydrogen (secondary N) is 1. The normalized spacial score (nSPS) is 27.7. The molecule has 108 valence electrons. The van der Waals surface area contributed by atoms with Crippen molar-refractivity contribution in [1.82, 2.24) is 10.2 Å². The highest BCUT2D eigenvalue weighted by molar-refractivity contribution is 4.78. The number of rotatable bonds is 7. The maximum Gasteiger partial charge on any atom is 0.00675 e. The minimum absolute atomic E-state index is 0.765.